The molecule has 1 atom stereocenters. The lowest BCUT2D eigenvalue weighted by Gasteiger charge is -2.22. The van der Waals surface area contributed by atoms with E-state index in [1.807, 2.05) is 0 Å². The van der Waals surface area contributed by atoms with Crippen LogP contribution < -0.4 is 0 Å². The van der Waals surface area contributed by atoms with E-state index in [-0.39, 0.29) is 0 Å². The van der Waals surface area contributed by atoms with Gasteiger partial charge in [-0.1, -0.05) is 19.3 Å². The van der Waals surface area contributed by atoms with Crippen molar-refractivity contribution in [3.8, 4) is 0 Å². The molecule has 0 saturated heterocycles. The van der Waals surface area contributed by atoms with Gasteiger partial charge in [-0.05, 0) is 37.0 Å². The van der Waals surface area contributed by atoms with Crippen LogP contribution >= 0.6 is 0 Å². The lowest BCUT2D eigenvalue weighted by molar-refractivity contribution is 0.247. The summed E-state index contributed by atoms with van der Waals surface area (Å²) in [5.74, 6) is 0.896. The molecule has 0 bridgehead atoms. The van der Waals surface area contributed by atoms with Crippen molar-refractivity contribution in [2.24, 2.45) is 11.3 Å². The summed E-state index contributed by atoms with van der Waals surface area (Å²) in [5.41, 5.74) is 0.737. The first-order valence-corrected chi connectivity index (χ1v) is 4.98. The third-order valence-electron chi connectivity index (χ3n) is 3.69. The van der Waals surface area contributed by atoms with E-state index in [4.69, 9.17) is 5.11 Å². The predicted octanol–water partition coefficient (Wildman–Crippen LogP) is 2.34. The Kier molecular flexibility index (Phi) is 1.92. The maximum Gasteiger partial charge on any atom is 0.0433 e. The van der Waals surface area contributed by atoms with Crippen LogP contribution in [0.5, 0.6) is 0 Å². The fraction of sp³-hybridized carbons (Fsp3) is 1.00. The van der Waals surface area contributed by atoms with Crippen molar-refractivity contribution in [2.75, 3.05) is 6.61 Å². The van der Waals surface area contributed by atoms with Crippen molar-refractivity contribution in [2.45, 2.75) is 44.9 Å². The first-order chi connectivity index (χ1) is 5.37. The Morgan fingerprint density at radius 3 is 2.55 bits per heavy atom. The Balaban J connectivity index is 1.84. The van der Waals surface area contributed by atoms with Gasteiger partial charge in [-0.15, -0.1) is 0 Å². The predicted molar refractivity (Wildman–Crippen MR) is 45.3 cm³/mol. The van der Waals surface area contributed by atoms with Gasteiger partial charge in [0.05, 0.1) is 0 Å². The molecule has 0 heterocycles. The van der Waals surface area contributed by atoms with Gasteiger partial charge in [-0.3, -0.25) is 0 Å². The lowest BCUT2D eigenvalue weighted by Crippen LogP contribution is -2.09. The second kappa shape index (κ2) is 2.78. The van der Waals surface area contributed by atoms with Gasteiger partial charge in [-0.25, -0.2) is 0 Å². The molecular weight excluding hydrogens is 136 g/mol. The largest absolute Gasteiger partial charge is 0.396 e. The van der Waals surface area contributed by atoms with Crippen molar-refractivity contribution in [3.63, 3.8) is 0 Å². The molecule has 2 aliphatic rings. The van der Waals surface area contributed by atoms with Gasteiger partial charge in [0.2, 0.25) is 0 Å². The normalized spacial score (nSPS) is 34.1. The lowest BCUT2D eigenvalue weighted by atomic mass is 9.84. The Morgan fingerprint density at radius 1 is 1.18 bits per heavy atom. The summed E-state index contributed by atoms with van der Waals surface area (Å²) in [6.45, 7) is 0.409. The fourth-order valence-corrected chi connectivity index (χ4v) is 2.86. The van der Waals surface area contributed by atoms with Crippen molar-refractivity contribution >= 4 is 0 Å². The molecule has 1 nitrogen and oxygen atoms in total. The standard InChI is InChI=1S/C10H18O/c11-7-4-9-8-10(9)5-2-1-3-6-10/h9,11H,1-8H2. The van der Waals surface area contributed by atoms with Gasteiger partial charge < -0.3 is 5.11 Å². The van der Waals surface area contributed by atoms with Crippen molar-refractivity contribution in [1.29, 1.82) is 0 Å². The minimum Gasteiger partial charge on any atom is -0.396 e. The van der Waals surface area contributed by atoms with E-state index >= 15 is 0 Å². The van der Waals surface area contributed by atoms with Crippen LogP contribution in [-0.4, -0.2) is 11.7 Å². The monoisotopic (exact) mass is 154 g/mol. The summed E-state index contributed by atoms with van der Waals surface area (Å²) < 4.78 is 0. The molecule has 1 heteroatoms. The molecule has 64 valence electrons. The summed E-state index contributed by atoms with van der Waals surface area (Å²) in [4.78, 5) is 0. The molecule has 2 rings (SSSR count). The number of aliphatic hydroxyl groups excluding tert-OH is 1. The Hall–Kier alpha value is -0.0400. The van der Waals surface area contributed by atoms with Gasteiger partial charge >= 0.3 is 0 Å². The zero-order chi connectivity index (χ0) is 7.73. The van der Waals surface area contributed by atoms with Crippen LogP contribution in [0.2, 0.25) is 0 Å². The van der Waals surface area contributed by atoms with E-state index in [0.29, 0.717) is 6.61 Å². The number of rotatable bonds is 2. The van der Waals surface area contributed by atoms with Crippen molar-refractivity contribution < 1.29 is 5.11 Å². The summed E-state index contributed by atoms with van der Waals surface area (Å²) in [5, 5.41) is 8.79. The van der Waals surface area contributed by atoms with E-state index in [2.05, 4.69) is 0 Å². The SMILES string of the molecule is OCCC1CC12CCCCC2. The number of aliphatic hydroxyl groups is 1. The molecule has 0 aromatic heterocycles. The second-order valence-corrected chi connectivity index (χ2v) is 4.34. The second-order valence-electron chi connectivity index (χ2n) is 4.34. The Morgan fingerprint density at radius 2 is 1.91 bits per heavy atom. The van der Waals surface area contributed by atoms with Crippen LogP contribution in [-0.2, 0) is 0 Å². The maximum absolute atomic E-state index is 8.79. The molecule has 0 amide bonds. The summed E-state index contributed by atoms with van der Waals surface area (Å²) >= 11 is 0. The summed E-state index contributed by atoms with van der Waals surface area (Å²) in [6.07, 6.45) is 9.75. The molecule has 2 saturated carbocycles. The zero-order valence-electron chi connectivity index (χ0n) is 7.18. The Bertz CT molecular complexity index is 136. The van der Waals surface area contributed by atoms with E-state index in [0.717, 1.165) is 17.8 Å². The van der Waals surface area contributed by atoms with Gasteiger partial charge in [0.15, 0.2) is 0 Å². The summed E-state index contributed by atoms with van der Waals surface area (Å²) in [6, 6.07) is 0. The minimum atomic E-state index is 0.409. The third-order valence-corrected chi connectivity index (χ3v) is 3.69. The summed E-state index contributed by atoms with van der Waals surface area (Å²) in [7, 11) is 0. The molecule has 0 aliphatic heterocycles. The molecule has 2 fully saturated rings. The maximum atomic E-state index is 8.79. The molecule has 1 unspecified atom stereocenters. The fourth-order valence-electron chi connectivity index (χ4n) is 2.86. The van der Waals surface area contributed by atoms with E-state index < -0.39 is 0 Å². The third kappa shape index (κ3) is 1.31. The van der Waals surface area contributed by atoms with Crippen molar-refractivity contribution in [3.05, 3.63) is 0 Å². The highest BCUT2D eigenvalue weighted by Crippen LogP contribution is 2.62. The first kappa shape index (κ1) is 7.60. The van der Waals surface area contributed by atoms with E-state index in [1.165, 1.54) is 38.5 Å². The molecule has 1 spiro atoms. The highest BCUT2D eigenvalue weighted by molar-refractivity contribution is 5.02. The van der Waals surface area contributed by atoms with Crippen LogP contribution in [0.15, 0.2) is 0 Å². The highest BCUT2D eigenvalue weighted by Gasteiger charge is 2.52. The van der Waals surface area contributed by atoms with Crippen LogP contribution in [0.4, 0.5) is 0 Å². The van der Waals surface area contributed by atoms with Crippen LogP contribution in [0.3, 0.4) is 0 Å². The average Bonchev–Trinajstić information content (AvgIpc) is 2.66. The Labute approximate surface area is 68.8 Å². The van der Waals surface area contributed by atoms with E-state index in [1.54, 1.807) is 0 Å². The van der Waals surface area contributed by atoms with Gasteiger partial charge in [0, 0.05) is 6.61 Å². The molecule has 0 radical (unpaired) electrons. The molecule has 0 aromatic rings. The minimum absolute atomic E-state index is 0.409. The van der Waals surface area contributed by atoms with Crippen molar-refractivity contribution in [1.82, 2.24) is 0 Å². The molecular formula is C10H18O. The van der Waals surface area contributed by atoms with Gasteiger partial charge in [-0.2, -0.15) is 0 Å². The quantitative estimate of drug-likeness (QED) is 0.647. The van der Waals surface area contributed by atoms with Gasteiger partial charge in [0.25, 0.3) is 0 Å². The van der Waals surface area contributed by atoms with Crippen LogP contribution in [0, 0.1) is 11.3 Å². The number of hydrogen-bond donors (Lipinski definition) is 1. The van der Waals surface area contributed by atoms with E-state index in [9.17, 15) is 0 Å². The average molecular weight is 154 g/mol. The molecule has 11 heavy (non-hydrogen) atoms. The molecule has 2 aliphatic carbocycles. The first-order valence-electron chi connectivity index (χ1n) is 4.98. The molecule has 0 aromatic carbocycles. The molecule has 1 N–H and O–H groups in total. The smallest absolute Gasteiger partial charge is 0.0433 e. The highest BCUT2D eigenvalue weighted by atomic mass is 16.3. The van der Waals surface area contributed by atoms with Crippen LogP contribution in [0.25, 0.3) is 0 Å². The topological polar surface area (TPSA) is 20.2 Å². The van der Waals surface area contributed by atoms with Crippen LogP contribution in [0.1, 0.15) is 44.9 Å². The van der Waals surface area contributed by atoms with Gasteiger partial charge in [0.1, 0.15) is 0 Å². The number of hydrogen-bond acceptors (Lipinski definition) is 1. The zero-order valence-corrected chi connectivity index (χ0v) is 7.18.